The van der Waals surface area contributed by atoms with Crippen molar-refractivity contribution in [2.75, 3.05) is 0 Å². The fourth-order valence-electron chi connectivity index (χ4n) is 12.7. The SMILES string of the molecule is CC(C)(C)C1CC2CCCC2C(C(C)(C)C)C1.CC(C)(C)C1CCC(C(C)(C)C)C1.CC(C)(C)C1CCC(C(C)(C)C)C1.CC(C)(C)C1CCCC1C(C)(C)C. The first-order chi connectivity index (χ1) is 24.8. The Morgan fingerprint density at radius 3 is 0.768 bits per heavy atom. The number of hydrogen-bond acceptors (Lipinski definition) is 0. The van der Waals surface area contributed by atoms with Crippen LogP contribution in [0.4, 0.5) is 0 Å². The van der Waals surface area contributed by atoms with Crippen molar-refractivity contribution < 1.29 is 0 Å². The first kappa shape index (κ1) is 52.1. The molecule has 0 aromatic rings. The van der Waals surface area contributed by atoms with Gasteiger partial charge in [-0.2, -0.15) is 0 Å². The van der Waals surface area contributed by atoms with Crippen LogP contribution in [0, 0.1) is 102 Å². The van der Waals surface area contributed by atoms with Gasteiger partial charge in [-0.3, -0.25) is 0 Å². The molecule has 0 aliphatic heterocycles. The molecule has 5 rings (SSSR count). The Labute approximate surface area is 357 Å². The zero-order valence-electron chi connectivity index (χ0n) is 43.7. The quantitative estimate of drug-likeness (QED) is 0.230. The van der Waals surface area contributed by atoms with Gasteiger partial charge in [-0.25, -0.2) is 0 Å². The Bertz CT molecular complexity index is 1020. The number of hydrogen-bond donors (Lipinski definition) is 0. The minimum absolute atomic E-state index is 0.508. The van der Waals surface area contributed by atoms with E-state index in [4.69, 9.17) is 0 Å². The first-order valence-electron chi connectivity index (χ1n) is 24.8. The van der Waals surface area contributed by atoms with Gasteiger partial charge in [0.2, 0.25) is 0 Å². The maximum atomic E-state index is 2.47. The predicted molar refractivity (Wildman–Crippen MR) is 255 cm³/mol. The van der Waals surface area contributed by atoms with Gasteiger partial charge in [0.05, 0.1) is 0 Å². The maximum absolute atomic E-state index is 2.47. The monoisotopic (exact) mass is 783 g/mol. The zero-order valence-corrected chi connectivity index (χ0v) is 43.7. The van der Waals surface area contributed by atoms with E-state index in [1.54, 1.807) is 0 Å². The Morgan fingerprint density at radius 2 is 0.518 bits per heavy atom. The van der Waals surface area contributed by atoms with E-state index >= 15 is 0 Å². The summed E-state index contributed by atoms with van der Waals surface area (Å²) in [6, 6.07) is 0. The lowest BCUT2D eigenvalue weighted by Gasteiger charge is -2.49. The molecule has 334 valence electrons. The lowest BCUT2D eigenvalue weighted by Crippen LogP contribution is -2.40. The highest BCUT2D eigenvalue weighted by Gasteiger charge is 2.47. The molecule has 5 fully saturated rings. The van der Waals surface area contributed by atoms with Gasteiger partial charge in [0.1, 0.15) is 0 Å². The average Bonchev–Trinajstić information content (AvgIpc) is 3.81. The molecule has 0 aromatic heterocycles. The highest BCUT2D eigenvalue weighted by molar-refractivity contribution is 4.97. The van der Waals surface area contributed by atoms with E-state index in [9.17, 15) is 0 Å². The smallest absolute Gasteiger partial charge is 0.0331 e. The van der Waals surface area contributed by atoms with E-state index in [-0.39, 0.29) is 0 Å². The second kappa shape index (κ2) is 18.9. The summed E-state index contributed by atoms with van der Waals surface area (Å²) in [6.45, 7) is 57.9. The normalized spacial score (nSPS) is 33.4. The third-order valence-electron chi connectivity index (χ3n) is 17.2. The molecule has 5 aliphatic carbocycles. The van der Waals surface area contributed by atoms with Crippen molar-refractivity contribution in [3.05, 3.63) is 0 Å². The maximum Gasteiger partial charge on any atom is -0.0331 e. The van der Waals surface area contributed by atoms with E-state index in [1.807, 2.05) is 0 Å². The summed E-state index contributed by atoms with van der Waals surface area (Å²) in [5.74, 6) is 9.71. The molecule has 0 N–H and O–H groups in total. The molecule has 0 nitrogen and oxygen atoms in total. The van der Waals surface area contributed by atoms with Gasteiger partial charge in [0.15, 0.2) is 0 Å². The highest BCUT2D eigenvalue weighted by atomic mass is 14.5. The summed E-state index contributed by atoms with van der Waals surface area (Å²) in [4.78, 5) is 0. The molecule has 5 saturated carbocycles. The minimum Gasteiger partial charge on any atom is -0.0599 e. The van der Waals surface area contributed by atoms with Crippen LogP contribution in [0.1, 0.15) is 256 Å². The average molecular weight is 783 g/mol. The second-order valence-electron chi connectivity index (χ2n) is 29.6. The van der Waals surface area contributed by atoms with Crippen LogP contribution in [0.5, 0.6) is 0 Å². The van der Waals surface area contributed by atoms with Crippen molar-refractivity contribution in [1.29, 1.82) is 0 Å². The van der Waals surface area contributed by atoms with Crippen molar-refractivity contribution >= 4 is 0 Å². The predicted octanol–water partition coefficient (Wildman–Crippen LogP) is 19.0. The lowest BCUT2D eigenvalue weighted by molar-refractivity contribution is 0.00857. The molecule has 0 heteroatoms. The van der Waals surface area contributed by atoms with Gasteiger partial charge >= 0.3 is 0 Å². The summed E-state index contributed by atoms with van der Waals surface area (Å²) in [7, 11) is 0. The number of rotatable bonds is 0. The Hall–Kier alpha value is 0. The molecule has 0 heterocycles. The molecular formula is C56H110. The van der Waals surface area contributed by atoms with Gasteiger partial charge in [0.25, 0.3) is 0 Å². The highest BCUT2D eigenvalue weighted by Crippen LogP contribution is 2.56. The summed E-state index contributed by atoms with van der Waals surface area (Å²) in [5.41, 5.74) is 4.15. The van der Waals surface area contributed by atoms with Crippen LogP contribution in [-0.2, 0) is 0 Å². The van der Waals surface area contributed by atoms with Gasteiger partial charge in [-0.05, 0) is 173 Å². The van der Waals surface area contributed by atoms with Crippen LogP contribution in [0.2, 0.25) is 0 Å². The van der Waals surface area contributed by atoms with Crippen LogP contribution in [-0.4, -0.2) is 0 Å². The number of fused-ring (bicyclic) bond motifs is 1. The van der Waals surface area contributed by atoms with Crippen LogP contribution in [0.25, 0.3) is 0 Å². The molecule has 0 saturated heterocycles. The largest absolute Gasteiger partial charge is 0.0599 e. The van der Waals surface area contributed by atoms with E-state index in [1.165, 1.54) is 89.9 Å². The molecule has 0 radical (unpaired) electrons. The van der Waals surface area contributed by atoms with Crippen LogP contribution in [0.15, 0.2) is 0 Å². The molecule has 0 amide bonds. The van der Waals surface area contributed by atoms with Gasteiger partial charge in [0, 0.05) is 0 Å². The minimum atomic E-state index is 0.508. The third-order valence-corrected chi connectivity index (χ3v) is 17.2. The molecular weight excluding hydrogens is 673 g/mol. The summed E-state index contributed by atoms with van der Waals surface area (Å²) in [6.07, 6.45) is 20.6. The van der Waals surface area contributed by atoms with E-state index in [0.29, 0.717) is 43.3 Å². The molecule has 0 spiro atoms. The van der Waals surface area contributed by atoms with Crippen LogP contribution >= 0.6 is 0 Å². The molecule has 0 aromatic carbocycles. The van der Waals surface area contributed by atoms with Crippen molar-refractivity contribution in [3.8, 4) is 0 Å². The summed E-state index contributed by atoms with van der Waals surface area (Å²) >= 11 is 0. The molecule has 10 atom stereocenters. The molecule has 5 aliphatic rings. The van der Waals surface area contributed by atoms with Gasteiger partial charge < -0.3 is 0 Å². The molecule has 56 heavy (non-hydrogen) atoms. The van der Waals surface area contributed by atoms with Gasteiger partial charge in [-0.15, -0.1) is 0 Å². The first-order valence-corrected chi connectivity index (χ1v) is 24.8. The van der Waals surface area contributed by atoms with Crippen LogP contribution < -0.4 is 0 Å². The van der Waals surface area contributed by atoms with E-state index in [0.717, 1.165) is 59.2 Å². The van der Waals surface area contributed by atoms with Crippen molar-refractivity contribution in [3.63, 3.8) is 0 Å². The second-order valence-corrected chi connectivity index (χ2v) is 29.6. The molecule has 10 unspecified atom stereocenters. The Morgan fingerprint density at radius 1 is 0.232 bits per heavy atom. The zero-order chi connectivity index (χ0) is 43.7. The van der Waals surface area contributed by atoms with Crippen LogP contribution in [0.3, 0.4) is 0 Å². The van der Waals surface area contributed by atoms with Gasteiger partial charge in [-0.1, -0.05) is 185 Å². The Balaban J connectivity index is 0.000000260. The van der Waals surface area contributed by atoms with Crippen molar-refractivity contribution in [2.45, 2.75) is 256 Å². The summed E-state index contributed by atoms with van der Waals surface area (Å²) in [5, 5.41) is 0. The lowest BCUT2D eigenvalue weighted by atomic mass is 9.57. The standard InChI is InChI=1S/C17H32.3C13H26/c1-16(2,3)13-10-12-8-7-9-14(12)15(11-13)17(4,5)6;2*1-12(2,3)10-7-8-11(9-10)13(4,5)6;1-12(2,3)10-8-7-9-11(10)13(4,5)6/h12-15H,7-11H2,1-6H3;3*10-11H,7-9H2,1-6H3. The molecule has 0 bridgehead atoms. The Kier molecular flexibility index (Phi) is 17.6. The van der Waals surface area contributed by atoms with E-state index in [2.05, 4.69) is 166 Å². The summed E-state index contributed by atoms with van der Waals surface area (Å²) < 4.78 is 0. The van der Waals surface area contributed by atoms with Crippen molar-refractivity contribution in [1.82, 2.24) is 0 Å². The topological polar surface area (TPSA) is 0 Å². The van der Waals surface area contributed by atoms with Crippen molar-refractivity contribution in [2.24, 2.45) is 102 Å². The van der Waals surface area contributed by atoms with E-state index < -0.39 is 0 Å². The third kappa shape index (κ3) is 15.8. The fourth-order valence-corrected chi connectivity index (χ4v) is 12.7. The fraction of sp³-hybridized carbons (Fsp3) is 1.00.